The van der Waals surface area contributed by atoms with E-state index in [0.29, 0.717) is 22.0 Å². The van der Waals surface area contributed by atoms with Crippen LogP contribution in [0.5, 0.6) is 5.75 Å². The second-order valence-electron chi connectivity index (χ2n) is 5.92. The van der Waals surface area contributed by atoms with Crippen molar-refractivity contribution in [3.8, 4) is 5.75 Å². The number of rotatable bonds is 7. The van der Waals surface area contributed by atoms with Gasteiger partial charge in [-0.15, -0.1) is 0 Å². The molecule has 0 fully saturated rings. The molecule has 1 N–H and O–H groups in total. The third-order valence-corrected chi connectivity index (χ3v) is 3.93. The Kier molecular flexibility index (Phi) is 6.96. The Labute approximate surface area is 162 Å². The number of amides is 1. The molecule has 2 atom stereocenters. The van der Waals surface area contributed by atoms with Gasteiger partial charge >= 0.3 is 5.97 Å². The van der Waals surface area contributed by atoms with Crippen molar-refractivity contribution >= 4 is 34.9 Å². The highest BCUT2D eigenvalue weighted by molar-refractivity contribution is 6.30. The molecule has 0 unspecified atom stereocenters. The van der Waals surface area contributed by atoms with Crippen LogP contribution in [0, 0.1) is 0 Å². The first-order chi connectivity index (χ1) is 12.8. The fourth-order valence-electron chi connectivity index (χ4n) is 2.12. The van der Waals surface area contributed by atoms with Crippen LogP contribution in [0.3, 0.4) is 0 Å². The number of ketones is 1. The number of Topliss-reactive ketones (excluding diaryl/α,β-unsaturated/α-hetero) is 1. The van der Waals surface area contributed by atoms with E-state index in [9.17, 15) is 14.4 Å². The minimum absolute atomic E-state index is 0.0650. The number of hydrogen-bond donors (Lipinski definition) is 1. The number of anilines is 1. The Bertz CT molecular complexity index is 817. The molecule has 0 spiro atoms. The molecule has 0 bridgehead atoms. The molecule has 0 radical (unpaired) electrons. The zero-order valence-corrected chi connectivity index (χ0v) is 15.9. The number of carbonyl (C=O) groups is 3. The van der Waals surface area contributed by atoms with Crippen LogP contribution in [-0.4, -0.2) is 29.9 Å². The van der Waals surface area contributed by atoms with Crippen molar-refractivity contribution in [2.24, 2.45) is 0 Å². The third-order valence-electron chi connectivity index (χ3n) is 3.68. The number of nitrogens with one attached hydrogen (secondary N) is 1. The molecule has 0 aliphatic carbocycles. The van der Waals surface area contributed by atoms with Crippen LogP contribution in [0.25, 0.3) is 0 Å². The molecule has 0 aromatic heterocycles. The second-order valence-corrected chi connectivity index (χ2v) is 6.35. The van der Waals surface area contributed by atoms with Crippen LogP contribution in [0.15, 0.2) is 48.5 Å². The Morgan fingerprint density at radius 2 is 1.52 bits per heavy atom. The van der Waals surface area contributed by atoms with Gasteiger partial charge in [0, 0.05) is 16.3 Å². The Balaban J connectivity index is 1.87. The van der Waals surface area contributed by atoms with Gasteiger partial charge in [0.05, 0.1) is 0 Å². The van der Waals surface area contributed by atoms with Crippen molar-refractivity contribution in [1.29, 1.82) is 0 Å². The lowest BCUT2D eigenvalue weighted by atomic mass is 10.1. The van der Waals surface area contributed by atoms with E-state index in [1.807, 2.05) is 0 Å². The molecule has 2 rings (SSSR count). The number of esters is 1. The smallest absolute Gasteiger partial charge is 0.347 e. The molecule has 0 saturated carbocycles. The summed E-state index contributed by atoms with van der Waals surface area (Å²) in [6, 6.07) is 13.0. The Hall–Kier alpha value is -2.86. The fourth-order valence-corrected chi connectivity index (χ4v) is 2.25. The van der Waals surface area contributed by atoms with E-state index in [4.69, 9.17) is 21.1 Å². The van der Waals surface area contributed by atoms with Gasteiger partial charge in [0.1, 0.15) is 5.75 Å². The van der Waals surface area contributed by atoms with E-state index in [0.717, 1.165) is 0 Å². The van der Waals surface area contributed by atoms with Crippen LogP contribution < -0.4 is 10.1 Å². The van der Waals surface area contributed by atoms with Crippen LogP contribution >= 0.6 is 11.6 Å². The lowest BCUT2D eigenvalue weighted by molar-refractivity contribution is -0.159. The van der Waals surface area contributed by atoms with E-state index in [2.05, 4.69) is 5.32 Å². The number of ether oxygens (including phenoxy) is 2. The number of halogens is 1. The number of carbonyl (C=O) groups excluding carboxylic acids is 3. The van der Waals surface area contributed by atoms with Gasteiger partial charge in [-0.2, -0.15) is 0 Å². The summed E-state index contributed by atoms with van der Waals surface area (Å²) in [5.74, 6) is -0.756. The van der Waals surface area contributed by atoms with Gasteiger partial charge in [-0.25, -0.2) is 4.79 Å². The second kappa shape index (κ2) is 9.19. The van der Waals surface area contributed by atoms with Crippen molar-refractivity contribution in [1.82, 2.24) is 0 Å². The first-order valence-corrected chi connectivity index (χ1v) is 8.68. The third kappa shape index (κ3) is 6.11. The van der Waals surface area contributed by atoms with Crippen LogP contribution in [-0.2, 0) is 14.3 Å². The molecule has 2 aromatic carbocycles. The van der Waals surface area contributed by atoms with Gasteiger partial charge in [-0.05, 0) is 69.3 Å². The number of benzene rings is 2. The van der Waals surface area contributed by atoms with Gasteiger partial charge in [-0.3, -0.25) is 9.59 Å². The largest absolute Gasteiger partial charge is 0.479 e. The standard InChI is InChI=1S/C20H20ClNO5/c1-12(23)15-4-8-17(9-5-15)22-19(24)13(2)27-20(25)14(3)26-18-10-6-16(21)7-11-18/h4-11,13-14H,1-3H3,(H,22,24)/t13-,14-/m1/s1. The van der Waals surface area contributed by atoms with Gasteiger partial charge in [0.2, 0.25) is 0 Å². The minimum atomic E-state index is -1.01. The van der Waals surface area contributed by atoms with E-state index in [-0.39, 0.29) is 5.78 Å². The maximum absolute atomic E-state index is 12.2. The van der Waals surface area contributed by atoms with Crippen molar-refractivity contribution in [3.05, 3.63) is 59.1 Å². The molecular formula is C20H20ClNO5. The molecular weight excluding hydrogens is 370 g/mol. The first-order valence-electron chi connectivity index (χ1n) is 8.31. The average molecular weight is 390 g/mol. The summed E-state index contributed by atoms with van der Waals surface area (Å²) in [6.45, 7) is 4.45. The topological polar surface area (TPSA) is 81.7 Å². The molecule has 7 heteroatoms. The summed E-state index contributed by atoms with van der Waals surface area (Å²) >= 11 is 5.80. The molecule has 6 nitrogen and oxygen atoms in total. The zero-order chi connectivity index (χ0) is 20.0. The average Bonchev–Trinajstić information content (AvgIpc) is 2.63. The molecule has 0 aliphatic rings. The van der Waals surface area contributed by atoms with Gasteiger partial charge < -0.3 is 14.8 Å². The summed E-state index contributed by atoms with van der Waals surface area (Å²) in [6.07, 6.45) is -1.91. The Morgan fingerprint density at radius 3 is 2.07 bits per heavy atom. The van der Waals surface area contributed by atoms with Crippen molar-refractivity contribution < 1.29 is 23.9 Å². The van der Waals surface area contributed by atoms with Crippen molar-refractivity contribution in [2.75, 3.05) is 5.32 Å². The maximum Gasteiger partial charge on any atom is 0.347 e. The summed E-state index contributed by atoms with van der Waals surface area (Å²) in [7, 11) is 0. The highest BCUT2D eigenvalue weighted by Gasteiger charge is 2.23. The molecule has 0 heterocycles. The molecule has 142 valence electrons. The van der Waals surface area contributed by atoms with Crippen molar-refractivity contribution in [2.45, 2.75) is 33.0 Å². The van der Waals surface area contributed by atoms with Gasteiger partial charge in [0.25, 0.3) is 5.91 Å². The number of hydrogen-bond acceptors (Lipinski definition) is 5. The zero-order valence-electron chi connectivity index (χ0n) is 15.2. The predicted molar refractivity (Wildman–Crippen MR) is 102 cm³/mol. The van der Waals surface area contributed by atoms with Gasteiger partial charge in [0.15, 0.2) is 18.0 Å². The van der Waals surface area contributed by atoms with Gasteiger partial charge in [-0.1, -0.05) is 11.6 Å². The molecule has 0 aliphatic heterocycles. The van der Waals surface area contributed by atoms with Crippen LogP contribution in [0.1, 0.15) is 31.1 Å². The highest BCUT2D eigenvalue weighted by atomic mass is 35.5. The molecule has 1 amide bonds. The minimum Gasteiger partial charge on any atom is -0.479 e. The molecule has 27 heavy (non-hydrogen) atoms. The molecule has 2 aromatic rings. The summed E-state index contributed by atoms with van der Waals surface area (Å²) in [4.78, 5) is 35.5. The highest BCUT2D eigenvalue weighted by Crippen LogP contribution is 2.17. The SMILES string of the molecule is CC(=O)c1ccc(NC(=O)[C@@H](C)OC(=O)[C@@H](C)Oc2ccc(Cl)cc2)cc1. The van der Waals surface area contributed by atoms with Crippen LogP contribution in [0.4, 0.5) is 5.69 Å². The predicted octanol–water partition coefficient (Wildman–Crippen LogP) is 3.88. The lowest BCUT2D eigenvalue weighted by Crippen LogP contribution is -2.35. The normalized spacial score (nSPS) is 12.6. The van der Waals surface area contributed by atoms with E-state index >= 15 is 0 Å². The fraction of sp³-hybridized carbons (Fsp3) is 0.250. The quantitative estimate of drug-likeness (QED) is 0.574. The van der Waals surface area contributed by atoms with E-state index in [1.54, 1.807) is 48.5 Å². The Morgan fingerprint density at radius 1 is 0.926 bits per heavy atom. The summed E-state index contributed by atoms with van der Waals surface area (Å²) < 4.78 is 10.6. The van der Waals surface area contributed by atoms with E-state index in [1.165, 1.54) is 20.8 Å². The molecule has 0 saturated heterocycles. The van der Waals surface area contributed by atoms with E-state index < -0.39 is 24.1 Å². The lowest BCUT2D eigenvalue weighted by Gasteiger charge is -2.18. The maximum atomic E-state index is 12.2. The summed E-state index contributed by atoms with van der Waals surface area (Å²) in [5, 5.41) is 3.18. The monoisotopic (exact) mass is 389 g/mol. The first kappa shape index (κ1) is 20.5. The van der Waals surface area contributed by atoms with Crippen molar-refractivity contribution in [3.63, 3.8) is 0 Å². The summed E-state index contributed by atoms with van der Waals surface area (Å²) in [5.41, 5.74) is 1.04. The van der Waals surface area contributed by atoms with Crippen LogP contribution in [0.2, 0.25) is 5.02 Å².